The fourth-order valence-electron chi connectivity index (χ4n) is 5.18. The number of fused-ring (bicyclic) bond motifs is 1. The number of carbonyl (C=O) groups excluding carboxylic acids is 2. The second-order valence-electron chi connectivity index (χ2n) is 10.8. The molecule has 0 aliphatic carbocycles. The van der Waals surface area contributed by atoms with Gasteiger partial charge in [0.2, 0.25) is 5.91 Å². The van der Waals surface area contributed by atoms with Crippen molar-refractivity contribution in [3.05, 3.63) is 60.2 Å². The molecule has 0 atom stereocenters. The van der Waals surface area contributed by atoms with Crippen LogP contribution in [0.2, 0.25) is 0 Å². The molecule has 0 aliphatic rings. The zero-order valence-corrected chi connectivity index (χ0v) is 26.0. The van der Waals surface area contributed by atoms with Gasteiger partial charge in [-0.15, -0.1) is 11.8 Å². The molecule has 0 unspecified atom stereocenters. The minimum atomic E-state index is -0.355. The Morgan fingerprint density at radius 2 is 1.44 bits per heavy atom. The lowest BCUT2D eigenvalue weighted by molar-refractivity contribution is -0.116. The summed E-state index contributed by atoms with van der Waals surface area (Å²) in [5.41, 5.74) is 1.71. The van der Waals surface area contributed by atoms with Crippen molar-refractivity contribution in [2.24, 2.45) is 0 Å². The van der Waals surface area contributed by atoms with Crippen LogP contribution in [-0.4, -0.2) is 29.2 Å². The molecule has 0 bridgehead atoms. The number of rotatable bonds is 18. The zero-order chi connectivity index (χ0) is 29.5. The van der Waals surface area contributed by atoms with E-state index in [1.807, 2.05) is 53.4 Å². The lowest BCUT2D eigenvalue weighted by Crippen LogP contribution is -2.29. The summed E-state index contributed by atoms with van der Waals surface area (Å²) >= 11 is 1.68. The van der Waals surface area contributed by atoms with E-state index in [4.69, 9.17) is 0 Å². The normalized spacial score (nSPS) is 11.1. The Bertz CT molecular complexity index is 1250. The smallest absolute Gasteiger partial charge is 0.259 e. The van der Waals surface area contributed by atoms with Crippen LogP contribution in [0.5, 0.6) is 5.75 Å². The van der Waals surface area contributed by atoms with Gasteiger partial charge in [-0.1, -0.05) is 108 Å². The summed E-state index contributed by atoms with van der Waals surface area (Å²) in [7, 11) is 0. The number of para-hydroxylation sites is 1. The molecule has 6 heteroatoms. The van der Waals surface area contributed by atoms with Crippen molar-refractivity contribution in [1.29, 1.82) is 0 Å². The number of thioether (sulfide) groups is 1. The lowest BCUT2D eigenvalue weighted by atomic mass is 10.0. The van der Waals surface area contributed by atoms with E-state index >= 15 is 0 Å². The van der Waals surface area contributed by atoms with Crippen molar-refractivity contribution in [3.8, 4) is 5.75 Å². The molecule has 3 aromatic rings. The Balaban J connectivity index is 1.81. The van der Waals surface area contributed by atoms with E-state index < -0.39 is 0 Å². The Kier molecular flexibility index (Phi) is 14.1. The number of benzene rings is 3. The SMILES string of the molecule is CCCCCCCCCCCCN(C(C)=O)c1cccc2c(O)c(C(=O)Nc3ccccc3)cc(SCCCC)c12. The van der Waals surface area contributed by atoms with Crippen molar-refractivity contribution in [1.82, 2.24) is 0 Å². The van der Waals surface area contributed by atoms with Gasteiger partial charge in [-0.3, -0.25) is 9.59 Å². The van der Waals surface area contributed by atoms with Crippen molar-refractivity contribution < 1.29 is 14.7 Å². The Morgan fingerprint density at radius 1 is 0.805 bits per heavy atom. The summed E-state index contributed by atoms with van der Waals surface area (Å²) in [6.45, 7) is 6.66. The second kappa shape index (κ2) is 17.7. The highest BCUT2D eigenvalue weighted by atomic mass is 32.2. The number of phenols is 1. The zero-order valence-electron chi connectivity index (χ0n) is 25.2. The number of amides is 2. The molecular formula is C35H48N2O3S. The third-order valence-corrected chi connectivity index (χ3v) is 8.64. The summed E-state index contributed by atoms with van der Waals surface area (Å²) in [5, 5.41) is 15.7. The van der Waals surface area contributed by atoms with E-state index in [-0.39, 0.29) is 23.1 Å². The predicted octanol–water partition coefficient (Wildman–Crippen LogP) is 9.96. The summed E-state index contributed by atoms with van der Waals surface area (Å²) < 4.78 is 0. The number of hydrogen-bond donors (Lipinski definition) is 2. The number of carbonyl (C=O) groups is 2. The molecule has 41 heavy (non-hydrogen) atoms. The van der Waals surface area contributed by atoms with Crippen LogP contribution in [0.25, 0.3) is 10.8 Å². The Labute approximate surface area is 251 Å². The van der Waals surface area contributed by atoms with E-state index in [0.717, 1.165) is 47.4 Å². The molecular weight excluding hydrogens is 528 g/mol. The maximum absolute atomic E-state index is 13.3. The van der Waals surface area contributed by atoms with Crippen LogP contribution in [0.1, 0.15) is 108 Å². The van der Waals surface area contributed by atoms with Gasteiger partial charge in [0.05, 0.1) is 11.3 Å². The highest BCUT2D eigenvalue weighted by Gasteiger charge is 2.23. The van der Waals surface area contributed by atoms with E-state index in [9.17, 15) is 14.7 Å². The van der Waals surface area contributed by atoms with Crippen LogP contribution in [0.15, 0.2) is 59.5 Å². The molecule has 3 aromatic carbocycles. The first-order chi connectivity index (χ1) is 20.0. The molecule has 2 N–H and O–H groups in total. The van der Waals surface area contributed by atoms with Crippen LogP contribution in [-0.2, 0) is 4.79 Å². The molecule has 0 saturated carbocycles. The predicted molar refractivity (Wildman–Crippen MR) is 176 cm³/mol. The van der Waals surface area contributed by atoms with Crippen molar-refractivity contribution in [2.45, 2.75) is 103 Å². The largest absolute Gasteiger partial charge is 0.506 e. The van der Waals surface area contributed by atoms with Gasteiger partial charge in [-0.05, 0) is 42.9 Å². The minimum Gasteiger partial charge on any atom is -0.506 e. The molecule has 2 amide bonds. The van der Waals surface area contributed by atoms with Gasteiger partial charge < -0.3 is 15.3 Å². The monoisotopic (exact) mass is 576 g/mol. The maximum Gasteiger partial charge on any atom is 0.259 e. The molecule has 0 fully saturated rings. The lowest BCUT2D eigenvalue weighted by Gasteiger charge is -2.25. The molecule has 0 spiro atoms. The number of hydrogen-bond acceptors (Lipinski definition) is 4. The maximum atomic E-state index is 13.3. The van der Waals surface area contributed by atoms with E-state index in [1.165, 1.54) is 51.4 Å². The van der Waals surface area contributed by atoms with Gasteiger partial charge in [-0.2, -0.15) is 0 Å². The summed E-state index contributed by atoms with van der Waals surface area (Å²) in [5.74, 6) is 0.469. The molecule has 0 heterocycles. The fraction of sp³-hybridized carbons (Fsp3) is 0.486. The third-order valence-electron chi connectivity index (χ3n) is 7.51. The highest BCUT2D eigenvalue weighted by molar-refractivity contribution is 7.99. The number of aromatic hydroxyl groups is 1. The van der Waals surface area contributed by atoms with E-state index in [0.29, 0.717) is 17.6 Å². The first-order valence-corrected chi connectivity index (χ1v) is 16.5. The molecule has 0 aliphatic heterocycles. The Hall–Kier alpha value is -2.99. The van der Waals surface area contributed by atoms with Gasteiger partial charge in [0.1, 0.15) is 5.75 Å². The summed E-state index contributed by atoms with van der Waals surface area (Å²) in [6.07, 6.45) is 14.5. The number of nitrogens with one attached hydrogen (secondary N) is 1. The fourth-order valence-corrected chi connectivity index (χ4v) is 6.39. The molecule has 0 saturated heterocycles. The average molecular weight is 577 g/mol. The van der Waals surface area contributed by atoms with Gasteiger partial charge in [0, 0.05) is 34.8 Å². The molecule has 222 valence electrons. The molecule has 5 nitrogen and oxygen atoms in total. The Morgan fingerprint density at radius 3 is 2.07 bits per heavy atom. The standard InChI is InChI=1S/C35H48N2O3S/c1-4-6-8-9-10-11-12-13-14-18-24-37(27(3)38)31-23-19-22-29-33(31)32(41-25-7-5-2)26-30(34(29)39)35(40)36-28-20-16-15-17-21-28/h15-17,19-23,26,39H,4-14,18,24-25H2,1-3H3,(H,36,40). The van der Waals surface area contributed by atoms with Crippen LogP contribution >= 0.6 is 11.8 Å². The van der Waals surface area contributed by atoms with Gasteiger partial charge in [0.15, 0.2) is 0 Å². The summed E-state index contributed by atoms with van der Waals surface area (Å²) in [6, 6.07) is 16.7. The first kappa shape index (κ1) is 32.5. The van der Waals surface area contributed by atoms with E-state index in [2.05, 4.69) is 19.2 Å². The van der Waals surface area contributed by atoms with Crippen molar-refractivity contribution >= 4 is 45.7 Å². The molecule has 0 aromatic heterocycles. The van der Waals surface area contributed by atoms with Crippen LogP contribution in [0.3, 0.4) is 0 Å². The minimum absolute atomic E-state index is 0.0108. The van der Waals surface area contributed by atoms with Gasteiger partial charge >= 0.3 is 0 Å². The average Bonchev–Trinajstić information content (AvgIpc) is 2.97. The molecule has 3 rings (SSSR count). The number of anilines is 2. The number of phenolic OH excluding ortho intramolecular Hbond substituents is 1. The molecule has 0 radical (unpaired) electrons. The van der Waals surface area contributed by atoms with Crippen LogP contribution < -0.4 is 10.2 Å². The van der Waals surface area contributed by atoms with Crippen LogP contribution in [0, 0.1) is 0 Å². The van der Waals surface area contributed by atoms with Crippen molar-refractivity contribution in [2.75, 3.05) is 22.5 Å². The number of nitrogens with zero attached hydrogens (tertiary/aromatic N) is 1. The van der Waals surface area contributed by atoms with E-state index in [1.54, 1.807) is 24.8 Å². The van der Waals surface area contributed by atoms with Gasteiger partial charge in [0.25, 0.3) is 5.91 Å². The third kappa shape index (κ3) is 9.81. The highest BCUT2D eigenvalue weighted by Crippen LogP contribution is 2.42. The summed E-state index contributed by atoms with van der Waals surface area (Å²) in [4.78, 5) is 28.9. The number of unbranched alkanes of at least 4 members (excludes halogenated alkanes) is 10. The first-order valence-electron chi connectivity index (χ1n) is 15.5. The van der Waals surface area contributed by atoms with Crippen LogP contribution in [0.4, 0.5) is 11.4 Å². The topological polar surface area (TPSA) is 69.6 Å². The second-order valence-corrected chi connectivity index (χ2v) is 12.0. The quantitative estimate of drug-likeness (QED) is 0.117. The van der Waals surface area contributed by atoms with Crippen molar-refractivity contribution in [3.63, 3.8) is 0 Å². The van der Waals surface area contributed by atoms with Gasteiger partial charge in [-0.25, -0.2) is 0 Å².